The van der Waals surface area contributed by atoms with E-state index in [1.807, 2.05) is 49.6 Å². The molecular weight excluding hydrogens is 328 g/mol. The van der Waals surface area contributed by atoms with Crippen molar-refractivity contribution in [1.82, 2.24) is 4.57 Å². The number of pyridine rings is 1. The van der Waals surface area contributed by atoms with Crippen molar-refractivity contribution in [1.29, 1.82) is 0 Å². The SMILES string of the molecule is CSc1cccc(NC(=O)Cn2ccc3sc(C)cc3c2=O)c1. The number of aryl methyl sites for hydroxylation is 1. The van der Waals surface area contributed by atoms with Crippen LogP contribution in [0.4, 0.5) is 5.69 Å². The van der Waals surface area contributed by atoms with Crippen molar-refractivity contribution in [3.05, 3.63) is 57.8 Å². The third-order valence-electron chi connectivity index (χ3n) is 3.45. The average molecular weight is 344 g/mol. The molecule has 3 rings (SSSR count). The molecule has 0 saturated heterocycles. The molecule has 4 nitrogen and oxygen atoms in total. The zero-order valence-corrected chi connectivity index (χ0v) is 14.5. The zero-order chi connectivity index (χ0) is 16.4. The van der Waals surface area contributed by atoms with Gasteiger partial charge < -0.3 is 9.88 Å². The molecule has 0 unspecified atom stereocenters. The number of nitrogens with zero attached hydrogens (tertiary/aromatic N) is 1. The molecule has 6 heteroatoms. The Kier molecular flexibility index (Phi) is 4.54. The van der Waals surface area contributed by atoms with Crippen LogP contribution in [0.2, 0.25) is 0 Å². The van der Waals surface area contributed by atoms with Crippen molar-refractivity contribution in [2.45, 2.75) is 18.4 Å². The number of carbonyl (C=O) groups excluding carboxylic acids is 1. The lowest BCUT2D eigenvalue weighted by molar-refractivity contribution is -0.116. The van der Waals surface area contributed by atoms with E-state index in [1.165, 1.54) is 4.57 Å². The molecule has 0 saturated carbocycles. The van der Waals surface area contributed by atoms with Gasteiger partial charge in [-0.25, -0.2) is 0 Å². The van der Waals surface area contributed by atoms with Crippen molar-refractivity contribution >= 4 is 44.8 Å². The van der Waals surface area contributed by atoms with Crippen LogP contribution in [0.3, 0.4) is 0 Å². The van der Waals surface area contributed by atoms with Gasteiger partial charge >= 0.3 is 0 Å². The Hall–Kier alpha value is -2.05. The molecular formula is C17H16N2O2S2. The van der Waals surface area contributed by atoms with Crippen LogP contribution in [0.15, 0.2) is 52.3 Å². The van der Waals surface area contributed by atoms with E-state index in [4.69, 9.17) is 0 Å². The lowest BCUT2D eigenvalue weighted by atomic mass is 10.3. The van der Waals surface area contributed by atoms with Crippen LogP contribution < -0.4 is 10.9 Å². The van der Waals surface area contributed by atoms with E-state index < -0.39 is 0 Å². The highest BCUT2D eigenvalue weighted by molar-refractivity contribution is 7.98. The zero-order valence-electron chi connectivity index (χ0n) is 12.8. The summed E-state index contributed by atoms with van der Waals surface area (Å²) in [5.41, 5.74) is 0.613. The lowest BCUT2D eigenvalue weighted by Gasteiger charge is -2.08. The summed E-state index contributed by atoms with van der Waals surface area (Å²) in [6.07, 6.45) is 3.66. The molecule has 3 aromatic rings. The first-order valence-corrected chi connectivity index (χ1v) is 9.14. The van der Waals surface area contributed by atoms with Crippen LogP contribution in [0, 0.1) is 6.92 Å². The Balaban J connectivity index is 1.80. The van der Waals surface area contributed by atoms with E-state index in [0.29, 0.717) is 5.39 Å². The van der Waals surface area contributed by atoms with Crippen LogP contribution in [0.25, 0.3) is 10.1 Å². The first-order chi connectivity index (χ1) is 11.1. The molecule has 0 aliphatic heterocycles. The average Bonchev–Trinajstić information content (AvgIpc) is 2.92. The van der Waals surface area contributed by atoms with Crippen molar-refractivity contribution < 1.29 is 4.79 Å². The lowest BCUT2D eigenvalue weighted by Crippen LogP contribution is -2.26. The molecule has 0 radical (unpaired) electrons. The van der Waals surface area contributed by atoms with Crippen LogP contribution in [0.1, 0.15) is 4.88 Å². The Morgan fingerprint density at radius 1 is 1.30 bits per heavy atom. The fourth-order valence-electron chi connectivity index (χ4n) is 2.38. The molecule has 1 aromatic carbocycles. The molecule has 118 valence electrons. The number of thiophene rings is 1. The first kappa shape index (κ1) is 15.8. The standard InChI is InChI=1S/C17H16N2O2S2/c1-11-8-14-15(23-11)6-7-19(17(14)21)10-16(20)18-12-4-3-5-13(9-12)22-2/h3-9H,10H2,1-2H3,(H,18,20). The number of fused-ring (bicyclic) bond motifs is 1. The molecule has 0 atom stereocenters. The molecule has 2 heterocycles. The topological polar surface area (TPSA) is 51.1 Å². The van der Waals surface area contributed by atoms with Gasteiger partial charge in [-0.05, 0) is 43.5 Å². The van der Waals surface area contributed by atoms with Gasteiger partial charge in [0, 0.05) is 26.4 Å². The predicted octanol–water partition coefficient (Wildman–Crippen LogP) is 3.73. The molecule has 0 aliphatic rings. The van der Waals surface area contributed by atoms with Gasteiger partial charge in [0.05, 0.1) is 5.39 Å². The summed E-state index contributed by atoms with van der Waals surface area (Å²) in [6, 6.07) is 11.4. The van der Waals surface area contributed by atoms with Gasteiger partial charge in [-0.3, -0.25) is 9.59 Å². The maximum atomic E-state index is 12.4. The fourth-order valence-corrected chi connectivity index (χ4v) is 3.75. The van der Waals surface area contributed by atoms with Crippen molar-refractivity contribution in [3.63, 3.8) is 0 Å². The highest BCUT2D eigenvalue weighted by Crippen LogP contribution is 2.22. The molecule has 0 bridgehead atoms. The number of benzene rings is 1. The number of aromatic nitrogens is 1. The Labute approximate surface area is 142 Å². The number of carbonyl (C=O) groups is 1. The number of hydrogen-bond donors (Lipinski definition) is 1. The molecule has 0 aliphatic carbocycles. The van der Waals surface area contributed by atoms with Crippen LogP contribution in [-0.4, -0.2) is 16.7 Å². The van der Waals surface area contributed by atoms with E-state index >= 15 is 0 Å². The minimum Gasteiger partial charge on any atom is -0.324 e. The number of nitrogens with one attached hydrogen (secondary N) is 1. The van der Waals surface area contributed by atoms with Gasteiger partial charge in [-0.15, -0.1) is 23.1 Å². The van der Waals surface area contributed by atoms with Crippen molar-refractivity contribution in [3.8, 4) is 0 Å². The van der Waals surface area contributed by atoms with Gasteiger partial charge in [0.15, 0.2) is 0 Å². The summed E-state index contributed by atoms with van der Waals surface area (Å²) < 4.78 is 2.40. The summed E-state index contributed by atoms with van der Waals surface area (Å²) in [5, 5.41) is 3.51. The van der Waals surface area contributed by atoms with Crippen LogP contribution in [0.5, 0.6) is 0 Å². The maximum Gasteiger partial charge on any atom is 0.259 e. The first-order valence-electron chi connectivity index (χ1n) is 7.10. The predicted molar refractivity (Wildman–Crippen MR) is 97.7 cm³/mol. The van der Waals surface area contributed by atoms with E-state index in [9.17, 15) is 9.59 Å². The normalized spacial score (nSPS) is 10.9. The second kappa shape index (κ2) is 6.60. The van der Waals surface area contributed by atoms with E-state index in [2.05, 4.69) is 5.32 Å². The second-order valence-electron chi connectivity index (χ2n) is 5.16. The third-order valence-corrected chi connectivity index (χ3v) is 5.19. The van der Waals surface area contributed by atoms with Crippen LogP contribution in [-0.2, 0) is 11.3 Å². The van der Waals surface area contributed by atoms with E-state index in [-0.39, 0.29) is 18.0 Å². The number of anilines is 1. The van der Waals surface area contributed by atoms with Crippen LogP contribution >= 0.6 is 23.1 Å². The summed E-state index contributed by atoms with van der Waals surface area (Å²) in [6.45, 7) is 1.98. The maximum absolute atomic E-state index is 12.4. The highest BCUT2D eigenvalue weighted by atomic mass is 32.2. The number of hydrogen-bond acceptors (Lipinski definition) is 4. The van der Waals surface area contributed by atoms with Gasteiger partial charge in [0.25, 0.3) is 5.56 Å². The smallest absolute Gasteiger partial charge is 0.259 e. The van der Waals surface area contributed by atoms with Crippen molar-refractivity contribution in [2.24, 2.45) is 0 Å². The van der Waals surface area contributed by atoms with Crippen molar-refractivity contribution in [2.75, 3.05) is 11.6 Å². The number of rotatable bonds is 4. The minimum absolute atomic E-state index is 0.00711. The van der Waals surface area contributed by atoms with Gasteiger partial charge in [-0.2, -0.15) is 0 Å². The molecule has 2 aromatic heterocycles. The summed E-state index contributed by atoms with van der Waals surface area (Å²) >= 11 is 3.20. The molecule has 0 fully saturated rings. The van der Waals surface area contributed by atoms with Gasteiger partial charge in [-0.1, -0.05) is 6.07 Å². The second-order valence-corrected chi connectivity index (χ2v) is 7.33. The number of thioether (sulfide) groups is 1. The Morgan fingerprint density at radius 2 is 2.13 bits per heavy atom. The minimum atomic E-state index is -0.211. The Bertz CT molecular complexity index is 928. The monoisotopic (exact) mass is 344 g/mol. The highest BCUT2D eigenvalue weighted by Gasteiger charge is 2.09. The number of amides is 1. The van der Waals surface area contributed by atoms with E-state index in [0.717, 1.165) is 20.2 Å². The van der Waals surface area contributed by atoms with Gasteiger partial charge in [0.2, 0.25) is 5.91 Å². The Morgan fingerprint density at radius 3 is 2.91 bits per heavy atom. The largest absolute Gasteiger partial charge is 0.324 e. The summed E-state index contributed by atoms with van der Waals surface area (Å²) in [5.74, 6) is -0.211. The molecule has 1 N–H and O–H groups in total. The van der Waals surface area contributed by atoms with E-state index in [1.54, 1.807) is 29.3 Å². The molecule has 1 amide bonds. The summed E-state index contributed by atoms with van der Waals surface area (Å²) in [7, 11) is 0. The third kappa shape index (κ3) is 3.48. The summed E-state index contributed by atoms with van der Waals surface area (Å²) in [4.78, 5) is 26.8. The quantitative estimate of drug-likeness (QED) is 0.734. The molecule has 23 heavy (non-hydrogen) atoms. The fraction of sp³-hybridized carbons (Fsp3) is 0.176. The van der Waals surface area contributed by atoms with Gasteiger partial charge in [0.1, 0.15) is 6.54 Å². The molecule has 0 spiro atoms.